The van der Waals surface area contributed by atoms with Gasteiger partial charge in [0, 0.05) is 0 Å². The van der Waals surface area contributed by atoms with Crippen LogP contribution in [0.25, 0.3) is 0 Å². The molecule has 0 aromatic heterocycles. The molecule has 1 aliphatic rings. The average molecular weight is 302 g/mol. The summed E-state index contributed by atoms with van der Waals surface area (Å²) in [5.41, 5.74) is -0.00633. The van der Waals surface area contributed by atoms with Crippen LogP contribution in [-0.4, -0.2) is 43.5 Å². The van der Waals surface area contributed by atoms with Gasteiger partial charge in [0.15, 0.2) is 17.6 Å². The minimum absolute atomic E-state index is 0.00633. The number of nitrogens with one attached hydrogen (secondary N) is 1. The van der Waals surface area contributed by atoms with Crippen LogP contribution in [0.1, 0.15) is 10.4 Å². The quantitative estimate of drug-likeness (QED) is 0.856. The first-order chi connectivity index (χ1) is 9.51. The number of halogens is 1. The number of alkyl carbamates (subject to hydrolysis) is 1. The van der Waals surface area contributed by atoms with E-state index in [0.717, 1.165) is 0 Å². The molecular formula is C12H12ClNO6. The van der Waals surface area contributed by atoms with Crippen LogP contribution >= 0.6 is 11.6 Å². The maximum absolute atomic E-state index is 10.9. The highest BCUT2D eigenvalue weighted by Crippen LogP contribution is 2.36. The lowest BCUT2D eigenvalue weighted by Crippen LogP contribution is -2.22. The summed E-state index contributed by atoms with van der Waals surface area (Å²) in [5, 5.41) is 11.5. The van der Waals surface area contributed by atoms with Crippen LogP contribution in [-0.2, 0) is 4.74 Å². The molecule has 1 heterocycles. The molecule has 2 rings (SSSR count). The van der Waals surface area contributed by atoms with Crippen LogP contribution in [0.4, 0.5) is 4.79 Å². The molecule has 2 N–H and O–H groups in total. The fourth-order valence-electron chi connectivity index (χ4n) is 1.68. The average Bonchev–Trinajstić information content (AvgIpc) is 2.82. The van der Waals surface area contributed by atoms with Crippen LogP contribution in [0.3, 0.4) is 0 Å². The zero-order valence-electron chi connectivity index (χ0n) is 10.5. The van der Waals surface area contributed by atoms with Gasteiger partial charge in [-0.2, -0.15) is 0 Å². The van der Waals surface area contributed by atoms with Gasteiger partial charge in [-0.3, -0.25) is 0 Å². The number of amides is 1. The van der Waals surface area contributed by atoms with E-state index in [2.05, 4.69) is 5.32 Å². The summed E-state index contributed by atoms with van der Waals surface area (Å²) in [7, 11) is 1.38. The Morgan fingerprint density at radius 3 is 2.90 bits per heavy atom. The van der Waals surface area contributed by atoms with Gasteiger partial charge in [-0.15, -0.1) is 0 Å². The van der Waals surface area contributed by atoms with Crippen molar-refractivity contribution in [2.75, 3.05) is 20.3 Å². The van der Waals surface area contributed by atoms with Gasteiger partial charge in [0.2, 0.25) is 0 Å². The number of methoxy groups -OCH3 is 1. The number of rotatable bonds is 5. The number of aromatic carboxylic acids is 1. The third kappa shape index (κ3) is 3.05. The maximum Gasteiger partial charge on any atom is 0.407 e. The van der Waals surface area contributed by atoms with Crippen LogP contribution in [0.2, 0.25) is 5.02 Å². The molecule has 0 bridgehead atoms. The zero-order valence-corrected chi connectivity index (χ0v) is 11.3. The van der Waals surface area contributed by atoms with E-state index in [0.29, 0.717) is 6.54 Å². The number of carboxylic acid groups (broad SMARTS) is 1. The highest BCUT2D eigenvalue weighted by Gasteiger charge is 2.24. The Morgan fingerprint density at radius 1 is 1.60 bits per heavy atom. The summed E-state index contributed by atoms with van der Waals surface area (Å²) in [6.07, 6.45) is -0.930. The predicted octanol–water partition coefficient (Wildman–Crippen LogP) is 1.53. The number of carbonyl (C=O) groups excluding carboxylic acids is 1. The summed E-state index contributed by atoms with van der Waals surface area (Å²) in [4.78, 5) is 21.8. The molecule has 0 aliphatic carbocycles. The standard InChI is InChI=1S/C12H12ClNO6/c1-18-9-3-6(11(15)16)2-8(13)10(9)19-5-7-4-14-12(17)20-7/h2-3,7H,4-5H2,1H3,(H,14,17)(H,15,16). The lowest BCUT2D eigenvalue weighted by Gasteiger charge is -2.15. The minimum Gasteiger partial charge on any atom is -0.493 e. The monoisotopic (exact) mass is 301 g/mol. The van der Waals surface area contributed by atoms with Crippen molar-refractivity contribution in [1.82, 2.24) is 5.32 Å². The molecule has 8 heteroatoms. The number of hydrogen-bond donors (Lipinski definition) is 2. The molecule has 1 amide bonds. The first-order valence-electron chi connectivity index (χ1n) is 5.69. The van der Waals surface area contributed by atoms with Crippen LogP contribution < -0.4 is 14.8 Å². The van der Waals surface area contributed by atoms with Crippen molar-refractivity contribution in [3.63, 3.8) is 0 Å². The second-order valence-electron chi connectivity index (χ2n) is 4.01. The van der Waals surface area contributed by atoms with Crippen LogP contribution in [0.15, 0.2) is 12.1 Å². The number of benzene rings is 1. The van der Waals surface area contributed by atoms with Crippen molar-refractivity contribution in [1.29, 1.82) is 0 Å². The van der Waals surface area contributed by atoms with E-state index in [4.69, 9.17) is 30.9 Å². The molecule has 1 aromatic rings. The Hall–Kier alpha value is -2.15. The molecule has 1 aliphatic heterocycles. The van der Waals surface area contributed by atoms with Gasteiger partial charge in [-0.05, 0) is 12.1 Å². The smallest absolute Gasteiger partial charge is 0.407 e. The van der Waals surface area contributed by atoms with Gasteiger partial charge in [-0.25, -0.2) is 9.59 Å². The molecule has 1 fully saturated rings. The van der Waals surface area contributed by atoms with Gasteiger partial charge in [-0.1, -0.05) is 11.6 Å². The van der Waals surface area contributed by atoms with E-state index < -0.39 is 18.2 Å². The van der Waals surface area contributed by atoms with Crippen molar-refractivity contribution in [3.05, 3.63) is 22.7 Å². The number of cyclic esters (lactones) is 1. The highest BCUT2D eigenvalue weighted by molar-refractivity contribution is 6.32. The Morgan fingerprint density at radius 2 is 2.35 bits per heavy atom. The van der Waals surface area contributed by atoms with Gasteiger partial charge >= 0.3 is 12.1 Å². The van der Waals surface area contributed by atoms with Crippen molar-refractivity contribution in [2.24, 2.45) is 0 Å². The zero-order chi connectivity index (χ0) is 14.7. The SMILES string of the molecule is COc1cc(C(=O)O)cc(Cl)c1OCC1CNC(=O)O1. The van der Waals surface area contributed by atoms with Crippen molar-refractivity contribution >= 4 is 23.7 Å². The fraction of sp³-hybridized carbons (Fsp3) is 0.333. The molecule has 1 unspecified atom stereocenters. The minimum atomic E-state index is -1.12. The molecule has 0 saturated carbocycles. The van der Waals surface area contributed by atoms with Gasteiger partial charge in [0.1, 0.15) is 6.61 Å². The second kappa shape index (κ2) is 5.87. The topological polar surface area (TPSA) is 94.1 Å². The van der Waals surface area contributed by atoms with Crippen LogP contribution in [0, 0.1) is 0 Å². The molecule has 108 valence electrons. The first kappa shape index (κ1) is 14.3. The van der Waals surface area contributed by atoms with Gasteiger partial charge in [0.25, 0.3) is 0 Å². The van der Waals surface area contributed by atoms with E-state index in [1.165, 1.54) is 19.2 Å². The Balaban J connectivity index is 2.14. The van der Waals surface area contributed by atoms with E-state index in [-0.39, 0.29) is 28.7 Å². The largest absolute Gasteiger partial charge is 0.493 e. The van der Waals surface area contributed by atoms with Crippen LogP contribution in [0.5, 0.6) is 11.5 Å². The number of hydrogen-bond acceptors (Lipinski definition) is 5. The molecule has 7 nitrogen and oxygen atoms in total. The Labute approximate surface area is 119 Å². The second-order valence-corrected chi connectivity index (χ2v) is 4.42. The van der Waals surface area contributed by atoms with E-state index in [1.54, 1.807) is 0 Å². The molecular weight excluding hydrogens is 290 g/mol. The first-order valence-corrected chi connectivity index (χ1v) is 6.07. The van der Waals surface area contributed by atoms with E-state index in [9.17, 15) is 9.59 Å². The van der Waals surface area contributed by atoms with Crippen molar-refractivity contribution in [2.45, 2.75) is 6.10 Å². The predicted molar refractivity (Wildman–Crippen MR) is 68.7 cm³/mol. The highest BCUT2D eigenvalue weighted by atomic mass is 35.5. The van der Waals surface area contributed by atoms with Crippen molar-refractivity contribution < 1.29 is 28.9 Å². The van der Waals surface area contributed by atoms with E-state index in [1.807, 2.05) is 0 Å². The summed E-state index contributed by atoms with van der Waals surface area (Å²) in [6.45, 7) is 0.424. The third-order valence-corrected chi connectivity index (χ3v) is 2.92. The summed E-state index contributed by atoms with van der Waals surface area (Å²) < 4.78 is 15.4. The summed E-state index contributed by atoms with van der Waals surface area (Å²) in [5.74, 6) is -0.708. The molecule has 1 atom stereocenters. The Kier molecular flexibility index (Phi) is 4.19. The third-order valence-electron chi connectivity index (χ3n) is 2.64. The number of carbonyl (C=O) groups is 2. The van der Waals surface area contributed by atoms with Gasteiger partial charge in [0.05, 0.1) is 24.2 Å². The molecule has 1 saturated heterocycles. The lowest BCUT2D eigenvalue weighted by molar-refractivity contribution is 0.0695. The molecule has 20 heavy (non-hydrogen) atoms. The fourth-order valence-corrected chi connectivity index (χ4v) is 1.95. The molecule has 0 radical (unpaired) electrons. The molecule has 0 spiro atoms. The Bertz CT molecular complexity index is 547. The normalized spacial score (nSPS) is 17.3. The van der Waals surface area contributed by atoms with Crippen molar-refractivity contribution in [3.8, 4) is 11.5 Å². The summed E-state index contributed by atoms with van der Waals surface area (Å²) >= 11 is 5.98. The van der Waals surface area contributed by atoms with E-state index >= 15 is 0 Å². The lowest BCUT2D eigenvalue weighted by atomic mass is 10.2. The number of ether oxygens (including phenoxy) is 3. The summed E-state index contributed by atoms with van der Waals surface area (Å²) in [6, 6.07) is 2.57. The van der Waals surface area contributed by atoms with Gasteiger partial charge < -0.3 is 24.6 Å². The maximum atomic E-state index is 10.9. The number of carboxylic acids is 1. The molecule has 1 aromatic carbocycles.